The highest BCUT2D eigenvalue weighted by atomic mass is 35.5. The van der Waals surface area contributed by atoms with Gasteiger partial charge in [0.05, 0.1) is 25.5 Å². The SMILES string of the molecule is CCCOc1ccc(-c2ccc(-c3ccccc3Cl)n2CC(=O)NC(N)=NCCC2OCCO2)cc1. The summed E-state index contributed by atoms with van der Waals surface area (Å²) in [5.74, 6) is 0.571. The lowest BCUT2D eigenvalue weighted by atomic mass is 10.1. The minimum Gasteiger partial charge on any atom is -0.494 e. The van der Waals surface area contributed by atoms with Crippen LogP contribution in [0.15, 0.2) is 65.7 Å². The molecule has 9 heteroatoms. The molecule has 0 atom stereocenters. The van der Waals surface area contributed by atoms with Crippen LogP contribution in [0.1, 0.15) is 19.8 Å². The van der Waals surface area contributed by atoms with Crippen molar-refractivity contribution < 1.29 is 19.0 Å². The maximum atomic E-state index is 13.0. The smallest absolute Gasteiger partial charge is 0.246 e. The molecule has 1 fully saturated rings. The number of guanidine groups is 1. The molecule has 0 saturated carbocycles. The van der Waals surface area contributed by atoms with Gasteiger partial charge in [0.1, 0.15) is 12.3 Å². The highest BCUT2D eigenvalue weighted by Crippen LogP contribution is 2.33. The van der Waals surface area contributed by atoms with E-state index in [1.165, 1.54) is 0 Å². The fourth-order valence-corrected chi connectivity index (χ4v) is 4.20. The van der Waals surface area contributed by atoms with Crippen molar-refractivity contribution in [3.05, 3.63) is 65.7 Å². The van der Waals surface area contributed by atoms with Gasteiger partial charge in [-0.1, -0.05) is 36.7 Å². The molecule has 2 heterocycles. The molecule has 8 nitrogen and oxygen atoms in total. The van der Waals surface area contributed by atoms with Crippen molar-refractivity contribution in [2.24, 2.45) is 10.7 Å². The number of benzene rings is 2. The number of amides is 1. The Hall–Kier alpha value is -3.33. The van der Waals surface area contributed by atoms with Gasteiger partial charge in [-0.25, -0.2) is 0 Å². The molecule has 1 amide bonds. The number of aliphatic imine (C=N–C) groups is 1. The average Bonchev–Trinajstić information content (AvgIpc) is 3.54. The molecule has 0 radical (unpaired) electrons. The number of nitrogens with zero attached hydrogens (tertiary/aromatic N) is 2. The lowest BCUT2D eigenvalue weighted by Crippen LogP contribution is -2.39. The van der Waals surface area contributed by atoms with E-state index in [1.54, 1.807) is 0 Å². The Kier molecular flexibility index (Phi) is 9.00. The second-order valence-corrected chi connectivity index (χ2v) is 8.72. The second-order valence-electron chi connectivity index (χ2n) is 8.32. The van der Waals surface area contributed by atoms with Gasteiger partial charge in [-0.2, -0.15) is 0 Å². The highest BCUT2D eigenvalue weighted by molar-refractivity contribution is 6.33. The summed E-state index contributed by atoms with van der Waals surface area (Å²) in [6.45, 7) is 4.32. The number of carbonyl (C=O) groups is 1. The molecule has 0 aliphatic carbocycles. The van der Waals surface area contributed by atoms with Crippen LogP contribution in [-0.4, -0.2) is 49.1 Å². The first-order chi connectivity index (χ1) is 17.5. The summed E-state index contributed by atoms with van der Waals surface area (Å²) in [6.07, 6.45) is 1.25. The van der Waals surface area contributed by atoms with Crippen LogP contribution in [0.4, 0.5) is 0 Å². The first kappa shape index (κ1) is 25.8. The molecule has 36 heavy (non-hydrogen) atoms. The van der Waals surface area contributed by atoms with Gasteiger partial charge in [-0.05, 0) is 54.4 Å². The number of hydrogen-bond acceptors (Lipinski definition) is 5. The molecule has 1 aliphatic heterocycles. The van der Waals surface area contributed by atoms with Crippen LogP contribution in [0.25, 0.3) is 22.5 Å². The molecule has 190 valence electrons. The number of rotatable bonds is 10. The van der Waals surface area contributed by atoms with Crippen molar-refractivity contribution in [1.82, 2.24) is 9.88 Å². The number of carbonyl (C=O) groups excluding carboxylic acids is 1. The van der Waals surface area contributed by atoms with Crippen LogP contribution in [-0.2, 0) is 20.8 Å². The van der Waals surface area contributed by atoms with Crippen molar-refractivity contribution in [1.29, 1.82) is 0 Å². The normalized spacial score (nSPS) is 14.2. The molecule has 0 unspecified atom stereocenters. The van der Waals surface area contributed by atoms with Crippen LogP contribution < -0.4 is 15.8 Å². The molecule has 2 aromatic carbocycles. The predicted octanol–water partition coefficient (Wildman–Crippen LogP) is 4.46. The third-order valence-corrected chi connectivity index (χ3v) is 5.99. The lowest BCUT2D eigenvalue weighted by Gasteiger charge is -2.15. The summed E-state index contributed by atoms with van der Waals surface area (Å²) < 4.78 is 18.4. The summed E-state index contributed by atoms with van der Waals surface area (Å²) in [5.41, 5.74) is 9.43. The van der Waals surface area contributed by atoms with Crippen molar-refractivity contribution in [3.63, 3.8) is 0 Å². The summed E-state index contributed by atoms with van der Waals surface area (Å²) in [6, 6.07) is 19.3. The zero-order valence-corrected chi connectivity index (χ0v) is 21.0. The number of hydrogen-bond donors (Lipinski definition) is 2. The molecular formula is C27H31ClN4O4. The zero-order chi connectivity index (χ0) is 25.3. The standard InChI is InChI=1S/C27H31ClN4O4/c1-2-15-34-20-9-7-19(8-10-20)23-11-12-24(21-5-3-4-6-22(21)28)32(23)18-25(33)31-27(29)30-14-13-26-35-16-17-36-26/h3-12,26H,2,13-18H2,1H3,(H3,29,30,31,33). The topological polar surface area (TPSA) is 100 Å². The third-order valence-electron chi connectivity index (χ3n) is 5.66. The summed E-state index contributed by atoms with van der Waals surface area (Å²) >= 11 is 6.50. The van der Waals surface area contributed by atoms with Crippen molar-refractivity contribution >= 4 is 23.5 Å². The molecule has 3 N–H and O–H groups in total. The first-order valence-electron chi connectivity index (χ1n) is 12.1. The maximum absolute atomic E-state index is 13.0. The van der Waals surface area contributed by atoms with Gasteiger partial charge < -0.3 is 24.5 Å². The zero-order valence-electron chi connectivity index (χ0n) is 20.3. The van der Waals surface area contributed by atoms with Gasteiger partial charge in [0, 0.05) is 29.2 Å². The fourth-order valence-electron chi connectivity index (χ4n) is 3.97. The summed E-state index contributed by atoms with van der Waals surface area (Å²) in [7, 11) is 0. The summed E-state index contributed by atoms with van der Waals surface area (Å²) in [4.78, 5) is 17.2. The third kappa shape index (κ3) is 6.66. The monoisotopic (exact) mass is 510 g/mol. The molecule has 1 aliphatic rings. The Morgan fingerprint density at radius 3 is 2.56 bits per heavy atom. The first-order valence-corrected chi connectivity index (χ1v) is 12.4. The van der Waals surface area contributed by atoms with E-state index < -0.39 is 0 Å². The molecule has 3 aromatic rings. The molecular weight excluding hydrogens is 480 g/mol. The van der Waals surface area contributed by atoms with E-state index in [2.05, 4.69) is 17.2 Å². The van der Waals surface area contributed by atoms with Crippen molar-refractivity contribution in [2.75, 3.05) is 26.4 Å². The van der Waals surface area contributed by atoms with Crippen molar-refractivity contribution in [2.45, 2.75) is 32.6 Å². The van der Waals surface area contributed by atoms with E-state index in [1.807, 2.05) is 65.2 Å². The van der Waals surface area contributed by atoms with Gasteiger partial charge in [0.15, 0.2) is 12.2 Å². The Balaban J connectivity index is 1.53. The minimum atomic E-state index is -0.293. The number of halogens is 1. The van der Waals surface area contributed by atoms with E-state index in [0.29, 0.717) is 37.8 Å². The van der Waals surface area contributed by atoms with Gasteiger partial charge in [-0.3, -0.25) is 15.1 Å². The Morgan fingerprint density at radius 1 is 1.11 bits per heavy atom. The lowest BCUT2D eigenvalue weighted by molar-refractivity contribution is -0.120. The van der Waals surface area contributed by atoms with Crippen LogP contribution in [0.3, 0.4) is 0 Å². The molecule has 0 spiro atoms. The Labute approximate surface area is 216 Å². The Bertz CT molecular complexity index is 1190. The van der Waals surface area contributed by atoms with Crippen LogP contribution in [0.2, 0.25) is 5.02 Å². The fraction of sp³-hybridized carbons (Fsp3) is 0.333. The highest BCUT2D eigenvalue weighted by Gasteiger charge is 2.18. The van der Waals surface area contributed by atoms with E-state index in [9.17, 15) is 4.79 Å². The average molecular weight is 511 g/mol. The van der Waals surface area contributed by atoms with Gasteiger partial charge >= 0.3 is 0 Å². The molecule has 0 bridgehead atoms. The van der Waals surface area contributed by atoms with E-state index in [4.69, 9.17) is 31.5 Å². The molecule has 1 saturated heterocycles. The predicted molar refractivity (Wildman–Crippen MR) is 141 cm³/mol. The Morgan fingerprint density at radius 2 is 1.83 bits per heavy atom. The number of ether oxygens (including phenoxy) is 3. The van der Waals surface area contributed by atoms with E-state index in [-0.39, 0.29) is 24.7 Å². The number of nitrogens with one attached hydrogen (secondary N) is 1. The van der Waals surface area contributed by atoms with Gasteiger partial charge in [-0.15, -0.1) is 0 Å². The van der Waals surface area contributed by atoms with Crippen LogP contribution in [0.5, 0.6) is 5.75 Å². The van der Waals surface area contributed by atoms with Crippen LogP contribution in [0, 0.1) is 0 Å². The van der Waals surface area contributed by atoms with Crippen LogP contribution >= 0.6 is 11.6 Å². The maximum Gasteiger partial charge on any atom is 0.246 e. The molecule has 1 aromatic heterocycles. The molecule has 4 rings (SSSR count). The number of nitrogens with two attached hydrogens (primary N) is 1. The van der Waals surface area contributed by atoms with Gasteiger partial charge in [0.25, 0.3) is 0 Å². The quantitative estimate of drug-likeness (QED) is 0.310. The minimum absolute atomic E-state index is 0.0298. The largest absolute Gasteiger partial charge is 0.494 e. The summed E-state index contributed by atoms with van der Waals surface area (Å²) in [5, 5.41) is 3.28. The van der Waals surface area contributed by atoms with E-state index >= 15 is 0 Å². The van der Waals surface area contributed by atoms with Crippen molar-refractivity contribution in [3.8, 4) is 28.3 Å². The second kappa shape index (κ2) is 12.6. The van der Waals surface area contributed by atoms with E-state index in [0.717, 1.165) is 34.7 Å². The van der Waals surface area contributed by atoms with Gasteiger partial charge in [0.2, 0.25) is 5.91 Å². The number of aromatic nitrogens is 1.